The largest absolute Gasteiger partial charge is 0.468 e. The first kappa shape index (κ1) is 14.1. The topological polar surface area (TPSA) is 89.0 Å². The molecule has 2 rings (SSSR count). The van der Waals surface area contributed by atoms with Gasteiger partial charge in [-0.15, -0.1) is 5.10 Å². The van der Waals surface area contributed by atoms with Gasteiger partial charge < -0.3 is 10.1 Å². The van der Waals surface area contributed by atoms with E-state index in [1.165, 1.54) is 23.4 Å². The Bertz CT molecular complexity index is 522. The summed E-state index contributed by atoms with van der Waals surface area (Å²) in [6.07, 6.45) is 2.02. The molecule has 7 nitrogen and oxygen atoms in total. The van der Waals surface area contributed by atoms with Gasteiger partial charge in [0, 0.05) is 12.8 Å². The summed E-state index contributed by atoms with van der Waals surface area (Å²) in [5, 5.41) is 9.97. The van der Waals surface area contributed by atoms with Crippen LogP contribution in [0.4, 0.5) is 0 Å². The van der Waals surface area contributed by atoms with Gasteiger partial charge in [0.1, 0.15) is 5.54 Å². The van der Waals surface area contributed by atoms with Gasteiger partial charge in [0.2, 0.25) is 0 Å². The van der Waals surface area contributed by atoms with Crippen LogP contribution in [0.2, 0.25) is 0 Å². The molecule has 0 aliphatic heterocycles. The number of H-pyrrole nitrogens is 1. The fourth-order valence-electron chi connectivity index (χ4n) is 2.12. The number of carbonyl (C=O) groups is 1. The van der Waals surface area contributed by atoms with Crippen molar-refractivity contribution in [2.45, 2.75) is 23.5 Å². The number of aromatic nitrogens is 3. The molecule has 1 atom stereocenters. The molecule has 1 fully saturated rings. The second-order valence-corrected chi connectivity index (χ2v) is 5.59. The lowest BCUT2D eigenvalue weighted by atomic mass is 9.96. The number of aromatic amines is 1. The molecule has 19 heavy (non-hydrogen) atoms. The van der Waals surface area contributed by atoms with E-state index in [0.29, 0.717) is 10.9 Å². The van der Waals surface area contributed by atoms with Crippen molar-refractivity contribution in [2.24, 2.45) is 13.0 Å². The SMILES string of the molecule is CNC(CSc1n[nH]c(=O)n1C)(C(=O)OC)C1CC1. The average Bonchev–Trinajstić information content (AvgIpc) is 3.21. The Labute approximate surface area is 115 Å². The predicted octanol–water partition coefficient (Wildman–Crippen LogP) is -0.258. The smallest absolute Gasteiger partial charge is 0.343 e. The molecule has 1 aliphatic carbocycles. The first-order valence-corrected chi connectivity index (χ1v) is 7.05. The van der Waals surface area contributed by atoms with Crippen LogP contribution in [0.3, 0.4) is 0 Å². The molecule has 0 radical (unpaired) electrons. The number of likely N-dealkylation sites (N-methyl/N-ethyl adjacent to an activating group) is 1. The average molecular weight is 286 g/mol. The van der Waals surface area contributed by atoms with Gasteiger partial charge in [0.15, 0.2) is 5.16 Å². The summed E-state index contributed by atoms with van der Waals surface area (Å²) in [5.74, 6) is 0.512. The molecule has 1 saturated carbocycles. The van der Waals surface area contributed by atoms with Gasteiger partial charge in [0.25, 0.3) is 0 Å². The van der Waals surface area contributed by atoms with Crippen molar-refractivity contribution in [1.82, 2.24) is 20.1 Å². The highest BCUT2D eigenvalue weighted by molar-refractivity contribution is 7.99. The van der Waals surface area contributed by atoms with Gasteiger partial charge in [-0.2, -0.15) is 0 Å². The Kier molecular flexibility index (Phi) is 4.00. The molecule has 0 spiro atoms. The lowest BCUT2D eigenvalue weighted by molar-refractivity contribution is -0.148. The zero-order valence-electron chi connectivity index (χ0n) is 11.2. The van der Waals surface area contributed by atoms with Gasteiger partial charge in [-0.3, -0.25) is 9.36 Å². The van der Waals surface area contributed by atoms with Gasteiger partial charge in [-0.1, -0.05) is 11.8 Å². The van der Waals surface area contributed by atoms with E-state index in [9.17, 15) is 9.59 Å². The normalized spacial score (nSPS) is 18.1. The highest BCUT2D eigenvalue weighted by Gasteiger charge is 2.51. The van der Waals surface area contributed by atoms with E-state index >= 15 is 0 Å². The molecule has 8 heteroatoms. The van der Waals surface area contributed by atoms with E-state index in [4.69, 9.17) is 4.74 Å². The minimum Gasteiger partial charge on any atom is -0.468 e. The number of hydrogen-bond donors (Lipinski definition) is 2. The molecule has 1 heterocycles. The third-order valence-corrected chi connectivity index (χ3v) is 4.76. The number of nitrogens with one attached hydrogen (secondary N) is 2. The predicted molar refractivity (Wildman–Crippen MR) is 71.1 cm³/mol. The number of methoxy groups -OCH3 is 1. The van der Waals surface area contributed by atoms with Crippen molar-refractivity contribution in [1.29, 1.82) is 0 Å². The first-order valence-electron chi connectivity index (χ1n) is 6.06. The maximum Gasteiger partial charge on any atom is 0.343 e. The van der Waals surface area contributed by atoms with E-state index in [2.05, 4.69) is 15.5 Å². The van der Waals surface area contributed by atoms with Gasteiger partial charge in [-0.25, -0.2) is 9.89 Å². The van der Waals surface area contributed by atoms with Crippen LogP contribution in [0, 0.1) is 5.92 Å². The van der Waals surface area contributed by atoms with Crippen molar-refractivity contribution >= 4 is 17.7 Å². The van der Waals surface area contributed by atoms with E-state index in [0.717, 1.165) is 12.8 Å². The van der Waals surface area contributed by atoms with E-state index in [1.54, 1.807) is 14.1 Å². The van der Waals surface area contributed by atoms with Crippen LogP contribution in [0.25, 0.3) is 0 Å². The lowest BCUT2D eigenvalue weighted by Gasteiger charge is -2.30. The summed E-state index contributed by atoms with van der Waals surface area (Å²) in [4.78, 5) is 23.4. The van der Waals surface area contributed by atoms with Crippen molar-refractivity contribution in [2.75, 3.05) is 19.9 Å². The van der Waals surface area contributed by atoms with Crippen LogP contribution < -0.4 is 11.0 Å². The molecule has 0 bridgehead atoms. The summed E-state index contributed by atoms with van der Waals surface area (Å²) in [5.41, 5.74) is -0.962. The molecule has 1 unspecified atom stereocenters. The van der Waals surface area contributed by atoms with Crippen molar-refractivity contribution in [3.8, 4) is 0 Å². The van der Waals surface area contributed by atoms with Crippen molar-refractivity contribution in [3.05, 3.63) is 10.5 Å². The van der Waals surface area contributed by atoms with Crippen LogP contribution in [-0.4, -0.2) is 46.2 Å². The fourth-order valence-corrected chi connectivity index (χ4v) is 3.36. The molecule has 106 valence electrons. The Hall–Kier alpha value is -1.28. The number of hydrogen-bond acceptors (Lipinski definition) is 6. The van der Waals surface area contributed by atoms with Crippen LogP contribution in [0.15, 0.2) is 9.95 Å². The molecular formula is C11H18N4O3S. The van der Waals surface area contributed by atoms with E-state index in [1.807, 2.05) is 0 Å². The highest BCUT2D eigenvalue weighted by atomic mass is 32.2. The zero-order valence-corrected chi connectivity index (χ0v) is 12.0. The van der Waals surface area contributed by atoms with Gasteiger partial charge in [-0.05, 0) is 25.8 Å². The van der Waals surface area contributed by atoms with Crippen molar-refractivity contribution in [3.63, 3.8) is 0 Å². The molecule has 1 aromatic heterocycles. The maximum atomic E-state index is 12.1. The summed E-state index contributed by atoms with van der Waals surface area (Å²) >= 11 is 1.37. The summed E-state index contributed by atoms with van der Waals surface area (Å²) in [6, 6.07) is 0. The van der Waals surface area contributed by atoms with Crippen LogP contribution in [0.1, 0.15) is 12.8 Å². The minimum atomic E-state index is -0.700. The second-order valence-electron chi connectivity index (χ2n) is 4.65. The maximum absolute atomic E-state index is 12.1. The third kappa shape index (κ3) is 2.55. The molecule has 0 saturated heterocycles. The number of carbonyl (C=O) groups excluding carboxylic acids is 1. The molecule has 1 aromatic rings. The summed E-state index contributed by atoms with van der Waals surface area (Å²) in [7, 11) is 4.80. The van der Waals surface area contributed by atoms with Crippen molar-refractivity contribution < 1.29 is 9.53 Å². The summed E-state index contributed by atoms with van der Waals surface area (Å²) < 4.78 is 6.35. The quantitative estimate of drug-likeness (QED) is 0.553. The standard InChI is InChI=1S/C11H18N4O3S/c1-12-11(7-4-5-7,8(16)18-3)6-19-10-14-13-9(17)15(10)2/h7,12H,4-6H2,1-3H3,(H,13,17). The van der Waals surface area contributed by atoms with E-state index < -0.39 is 5.54 Å². The molecule has 2 N–H and O–H groups in total. The highest BCUT2D eigenvalue weighted by Crippen LogP contribution is 2.42. The molecule has 0 aromatic carbocycles. The molecular weight excluding hydrogens is 268 g/mol. The number of thioether (sulfide) groups is 1. The molecule has 0 amide bonds. The van der Waals surface area contributed by atoms with Crippen LogP contribution in [0.5, 0.6) is 0 Å². The summed E-state index contributed by atoms with van der Waals surface area (Å²) in [6.45, 7) is 0. The van der Waals surface area contributed by atoms with Crippen LogP contribution >= 0.6 is 11.8 Å². The first-order chi connectivity index (χ1) is 9.05. The number of nitrogens with zero attached hydrogens (tertiary/aromatic N) is 2. The number of ether oxygens (including phenoxy) is 1. The number of esters is 1. The van der Waals surface area contributed by atoms with E-state index in [-0.39, 0.29) is 17.6 Å². The minimum absolute atomic E-state index is 0.259. The Morgan fingerprint density at radius 1 is 1.68 bits per heavy atom. The second kappa shape index (κ2) is 5.38. The Balaban J connectivity index is 2.15. The van der Waals surface area contributed by atoms with Gasteiger partial charge >= 0.3 is 11.7 Å². The Morgan fingerprint density at radius 2 is 2.37 bits per heavy atom. The monoisotopic (exact) mass is 286 g/mol. The zero-order chi connectivity index (χ0) is 14.0. The lowest BCUT2D eigenvalue weighted by Crippen LogP contribution is -2.55. The Morgan fingerprint density at radius 3 is 2.79 bits per heavy atom. The third-order valence-electron chi connectivity index (χ3n) is 3.54. The van der Waals surface area contributed by atoms with Crippen LogP contribution in [-0.2, 0) is 16.6 Å². The van der Waals surface area contributed by atoms with Gasteiger partial charge in [0.05, 0.1) is 7.11 Å². The molecule has 1 aliphatic rings. The fraction of sp³-hybridized carbons (Fsp3) is 0.727. The number of rotatable bonds is 6.